The minimum atomic E-state index is -0.168. The van der Waals surface area contributed by atoms with Gasteiger partial charge in [-0.25, -0.2) is 4.39 Å². The van der Waals surface area contributed by atoms with Crippen LogP contribution in [0.1, 0.15) is 26.9 Å². The van der Waals surface area contributed by atoms with Crippen LogP contribution in [0.3, 0.4) is 0 Å². The van der Waals surface area contributed by atoms with Gasteiger partial charge >= 0.3 is 0 Å². The Balaban J connectivity index is 1.79. The van der Waals surface area contributed by atoms with Gasteiger partial charge in [0.2, 0.25) is 0 Å². The van der Waals surface area contributed by atoms with Crippen LogP contribution in [0.5, 0.6) is 0 Å². The third-order valence-corrected chi connectivity index (χ3v) is 6.05. The van der Waals surface area contributed by atoms with Gasteiger partial charge in [0.25, 0.3) is 0 Å². The first-order valence-electron chi connectivity index (χ1n) is 6.87. The molecule has 20 heavy (non-hydrogen) atoms. The van der Waals surface area contributed by atoms with Crippen molar-refractivity contribution in [3.63, 3.8) is 0 Å². The molecule has 1 N–H and O–H groups in total. The predicted octanol–water partition coefficient (Wildman–Crippen LogP) is 4.18. The maximum absolute atomic E-state index is 13.0. The number of thioether (sulfide) groups is 1. The molecule has 0 saturated heterocycles. The molecule has 1 unspecified atom stereocenters. The summed E-state index contributed by atoms with van der Waals surface area (Å²) in [6, 6.07) is 9.51. The zero-order chi connectivity index (χ0) is 13.9. The van der Waals surface area contributed by atoms with Gasteiger partial charge in [0, 0.05) is 21.5 Å². The van der Waals surface area contributed by atoms with E-state index in [2.05, 4.69) is 11.4 Å². The molecule has 1 aromatic carbocycles. The van der Waals surface area contributed by atoms with Gasteiger partial charge in [-0.3, -0.25) is 0 Å². The zero-order valence-corrected chi connectivity index (χ0v) is 13.1. The molecule has 0 saturated carbocycles. The van der Waals surface area contributed by atoms with Crippen LogP contribution in [-0.2, 0) is 18.6 Å². The van der Waals surface area contributed by atoms with Gasteiger partial charge in [0.1, 0.15) is 5.82 Å². The van der Waals surface area contributed by atoms with E-state index >= 15 is 0 Å². The largest absolute Gasteiger partial charge is 0.312 e. The van der Waals surface area contributed by atoms with Gasteiger partial charge in [0.15, 0.2) is 0 Å². The Morgan fingerprint density at radius 1 is 1.30 bits per heavy atom. The molecule has 0 aliphatic carbocycles. The van der Waals surface area contributed by atoms with Crippen LogP contribution in [-0.4, -0.2) is 12.8 Å². The van der Waals surface area contributed by atoms with Crippen LogP contribution in [0.25, 0.3) is 0 Å². The molecule has 1 nitrogen and oxygen atoms in total. The lowest BCUT2D eigenvalue weighted by Crippen LogP contribution is -2.17. The summed E-state index contributed by atoms with van der Waals surface area (Å²) in [5.74, 6) is 2.23. The summed E-state index contributed by atoms with van der Waals surface area (Å²) >= 11 is 3.96. The van der Waals surface area contributed by atoms with Gasteiger partial charge in [-0.15, -0.1) is 11.3 Å². The fraction of sp³-hybridized carbons (Fsp3) is 0.375. The Morgan fingerprint density at radius 2 is 2.10 bits per heavy atom. The van der Waals surface area contributed by atoms with Crippen LogP contribution in [0.15, 0.2) is 30.3 Å². The van der Waals surface area contributed by atoms with Crippen molar-refractivity contribution in [1.29, 1.82) is 0 Å². The molecule has 106 valence electrons. The number of hydrogen-bond donors (Lipinski definition) is 1. The Bertz CT molecular complexity index is 553. The molecule has 0 amide bonds. The molecule has 1 aliphatic rings. The molecule has 0 bridgehead atoms. The molecule has 2 heterocycles. The topological polar surface area (TPSA) is 12.0 Å². The van der Waals surface area contributed by atoms with E-state index in [-0.39, 0.29) is 5.82 Å². The Kier molecular flexibility index (Phi) is 4.44. The van der Waals surface area contributed by atoms with Gasteiger partial charge in [-0.1, -0.05) is 12.1 Å². The maximum atomic E-state index is 13.0. The van der Waals surface area contributed by atoms with E-state index in [1.165, 1.54) is 40.3 Å². The fourth-order valence-electron chi connectivity index (χ4n) is 2.54. The average Bonchev–Trinajstić information content (AvgIpc) is 2.90. The minimum absolute atomic E-state index is 0.168. The van der Waals surface area contributed by atoms with Crippen molar-refractivity contribution < 1.29 is 4.39 Å². The van der Waals surface area contributed by atoms with Gasteiger partial charge in [0.05, 0.1) is 0 Å². The molecule has 0 spiro atoms. The second-order valence-electron chi connectivity index (χ2n) is 5.07. The molecule has 0 radical (unpaired) electrons. The van der Waals surface area contributed by atoms with E-state index in [0.717, 1.165) is 12.2 Å². The van der Waals surface area contributed by atoms with Crippen LogP contribution in [0.2, 0.25) is 0 Å². The van der Waals surface area contributed by atoms with Gasteiger partial charge in [-0.2, -0.15) is 11.8 Å². The summed E-state index contributed by atoms with van der Waals surface area (Å²) in [7, 11) is 2.00. The molecular weight excluding hydrogens is 289 g/mol. The van der Waals surface area contributed by atoms with Crippen molar-refractivity contribution in [2.45, 2.75) is 24.6 Å². The normalized spacial score (nSPS) is 15.9. The zero-order valence-electron chi connectivity index (χ0n) is 11.5. The Hall–Kier alpha value is -0.840. The van der Waals surface area contributed by atoms with Crippen LogP contribution >= 0.6 is 23.1 Å². The summed E-state index contributed by atoms with van der Waals surface area (Å²) in [5, 5.41) is 3.40. The van der Waals surface area contributed by atoms with E-state index < -0.39 is 0 Å². The van der Waals surface area contributed by atoms with Crippen molar-refractivity contribution >= 4 is 23.1 Å². The molecule has 2 aromatic rings. The number of nitrogens with one attached hydrogen (secondary N) is 1. The monoisotopic (exact) mass is 307 g/mol. The van der Waals surface area contributed by atoms with E-state index in [1.54, 1.807) is 4.88 Å². The lowest BCUT2D eigenvalue weighted by Gasteiger charge is -2.14. The Morgan fingerprint density at radius 3 is 2.80 bits per heavy atom. The highest BCUT2D eigenvalue weighted by Gasteiger charge is 2.18. The van der Waals surface area contributed by atoms with Crippen LogP contribution in [0.4, 0.5) is 4.39 Å². The second-order valence-corrected chi connectivity index (χ2v) is 7.35. The predicted molar refractivity (Wildman–Crippen MR) is 86.1 cm³/mol. The lowest BCUT2D eigenvalue weighted by molar-refractivity contribution is 0.597. The first-order chi connectivity index (χ1) is 9.76. The van der Waals surface area contributed by atoms with Crippen molar-refractivity contribution in [3.05, 3.63) is 57.0 Å². The number of fused-ring (bicyclic) bond motifs is 1. The summed E-state index contributed by atoms with van der Waals surface area (Å²) in [4.78, 5) is 2.96. The number of thiophene rings is 1. The van der Waals surface area contributed by atoms with Gasteiger partial charge < -0.3 is 5.32 Å². The number of likely N-dealkylation sites (N-methyl/N-ethyl adjacent to an activating group) is 1. The molecule has 1 aromatic heterocycles. The molecule has 1 atom stereocenters. The summed E-state index contributed by atoms with van der Waals surface area (Å²) in [5.41, 5.74) is 2.69. The number of benzene rings is 1. The van der Waals surface area contributed by atoms with Crippen molar-refractivity contribution in [3.8, 4) is 0 Å². The first-order valence-corrected chi connectivity index (χ1v) is 8.84. The van der Waals surface area contributed by atoms with Gasteiger partial charge in [-0.05, 0) is 55.0 Å². The Labute approximate surface area is 127 Å². The molecule has 3 rings (SSSR count). The minimum Gasteiger partial charge on any atom is -0.312 e. The van der Waals surface area contributed by atoms with Crippen molar-refractivity contribution in [2.75, 3.05) is 12.8 Å². The number of halogens is 1. The average molecular weight is 307 g/mol. The molecule has 0 fully saturated rings. The highest BCUT2D eigenvalue weighted by atomic mass is 32.2. The number of aryl methyl sites for hydroxylation is 1. The highest BCUT2D eigenvalue weighted by Crippen LogP contribution is 2.35. The third kappa shape index (κ3) is 3.08. The third-order valence-electron chi connectivity index (χ3n) is 3.69. The smallest absolute Gasteiger partial charge is 0.123 e. The first kappa shape index (κ1) is 14.1. The quantitative estimate of drug-likeness (QED) is 0.909. The van der Waals surface area contributed by atoms with Crippen molar-refractivity contribution in [2.24, 2.45) is 0 Å². The van der Waals surface area contributed by atoms with E-state index in [9.17, 15) is 4.39 Å². The van der Waals surface area contributed by atoms with E-state index in [4.69, 9.17) is 0 Å². The second kappa shape index (κ2) is 6.29. The highest BCUT2D eigenvalue weighted by molar-refractivity contribution is 7.98. The molecule has 1 aliphatic heterocycles. The van der Waals surface area contributed by atoms with Crippen LogP contribution in [0, 0.1) is 5.82 Å². The summed E-state index contributed by atoms with van der Waals surface area (Å²) < 4.78 is 13.0. The molecular formula is C16H18FNS2. The van der Waals surface area contributed by atoms with E-state index in [1.807, 2.05) is 42.3 Å². The summed E-state index contributed by atoms with van der Waals surface area (Å²) in [6.07, 6.45) is 2.11. The number of rotatable bonds is 4. The van der Waals surface area contributed by atoms with Crippen molar-refractivity contribution in [1.82, 2.24) is 5.32 Å². The van der Waals surface area contributed by atoms with Crippen LogP contribution < -0.4 is 5.32 Å². The summed E-state index contributed by atoms with van der Waals surface area (Å²) in [6.45, 7) is 0. The lowest BCUT2D eigenvalue weighted by atomic mass is 10.0. The molecule has 4 heteroatoms. The standard InChI is InChI=1S/C16H18FNS2/c1-18-14(8-11-2-4-13(17)5-3-11)16-9-12-10-19-7-6-15(12)20-16/h2-5,9,14,18H,6-8,10H2,1H3. The fourth-order valence-corrected chi connectivity index (χ4v) is 5.03. The SMILES string of the molecule is CNC(Cc1ccc(F)cc1)c1cc2c(s1)CCSC2. The number of hydrogen-bond acceptors (Lipinski definition) is 3. The van der Waals surface area contributed by atoms with E-state index in [0.29, 0.717) is 6.04 Å². The maximum Gasteiger partial charge on any atom is 0.123 e.